The summed E-state index contributed by atoms with van der Waals surface area (Å²) in [5, 5.41) is 3.45. The fraction of sp³-hybridized carbons (Fsp3) is 0.294. The van der Waals surface area contributed by atoms with E-state index in [9.17, 15) is 0 Å². The Kier molecular flexibility index (Phi) is 4.16. The second-order valence-corrected chi connectivity index (χ2v) is 5.05. The molecule has 0 aliphatic carbocycles. The van der Waals surface area contributed by atoms with Crippen LogP contribution in [-0.2, 0) is 6.54 Å². The van der Waals surface area contributed by atoms with Gasteiger partial charge in [-0.1, -0.05) is 62.4 Å². The predicted octanol–water partition coefficient (Wildman–Crippen LogP) is 4.16. The number of aryl methyl sites for hydroxylation is 1. The average molecular weight is 239 g/mol. The van der Waals surface area contributed by atoms with Gasteiger partial charge in [0.25, 0.3) is 0 Å². The van der Waals surface area contributed by atoms with Gasteiger partial charge in [0, 0.05) is 12.6 Å². The molecule has 0 aromatic heterocycles. The summed E-state index contributed by atoms with van der Waals surface area (Å²) in [6.07, 6.45) is 0. The van der Waals surface area contributed by atoms with Crippen LogP contribution < -0.4 is 5.32 Å². The zero-order valence-electron chi connectivity index (χ0n) is 11.4. The van der Waals surface area contributed by atoms with Crippen LogP contribution in [0.2, 0.25) is 0 Å². The molecular weight excluding hydrogens is 218 g/mol. The van der Waals surface area contributed by atoms with Crippen LogP contribution in [0.15, 0.2) is 48.5 Å². The lowest BCUT2D eigenvalue weighted by atomic mass is 9.98. The quantitative estimate of drug-likeness (QED) is 0.844. The Morgan fingerprint density at radius 3 is 2.33 bits per heavy atom. The van der Waals surface area contributed by atoms with Crippen LogP contribution in [0.3, 0.4) is 0 Å². The summed E-state index contributed by atoms with van der Waals surface area (Å²) in [5.74, 6) is 0. The molecule has 0 aliphatic rings. The van der Waals surface area contributed by atoms with Crippen LogP contribution in [0.1, 0.15) is 25.0 Å². The second kappa shape index (κ2) is 5.83. The number of hydrogen-bond donors (Lipinski definition) is 1. The molecule has 0 aliphatic heterocycles. The molecule has 94 valence electrons. The highest BCUT2D eigenvalue weighted by molar-refractivity contribution is 5.67. The van der Waals surface area contributed by atoms with Crippen LogP contribution in [0, 0.1) is 6.92 Å². The van der Waals surface area contributed by atoms with Gasteiger partial charge in [-0.25, -0.2) is 0 Å². The maximum absolute atomic E-state index is 3.45. The Morgan fingerprint density at radius 2 is 1.72 bits per heavy atom. The zero-order valence-corrected chi connectivity index (χ0v) is 11.4. The Balaban J connectivity index is 2.20. The molecule has 2 aromatic carbocycles. The first-order chi connectivity index (χ1) is 8.66. The molecule has 1 heteroatoms. The molecule has 1 N–H and O–H groups in total. The molecule has 0 spiro atoms. The third-order valence-corrected chi connectivity index (χ3v) is 3.09. The summed E-state index contributed by atoms with van der Waals surface area (Å²) in [5.41, 5.74) is 5.30. The molecule has 1 nitrogen and oxygen atoms in total. The highest BCUT2D eigenvalue weighted by atomic mass is 14.9. The fourth-order valence-electron chi connectivity index (χ4n) is 2.10. The molecule has 0 radical (unpaired) electrons. The third kappa shape index (κ3) is 3.21. The van der Waals surface area contributed by atoms with Gasteiger partial charge in [-0.2, -0.15) is 0 Å². The van der Waals surface area contributed by atoms with E-state index in [4.69, 9.17) is 0 Å². The Morgan fingerprint density at radius 1 is 1.00 bits per heavy atom. The standard InChI is InChI=1S/C17H21N/c1-13(2)18-12-15-9-10-17(14(3)11-15)16-7-5-4-6-8-16/h4-11,13,18H,12H2,1-3H3. The van der Waals surface area contributed by atoms with Crippen molar-refractivity contribution in [3.05, 3.63) is 59.7 Å². The lowest BCUT2D eigenvalue weighted by Gasteiger charge is -2.11. The molecular formula is C17H21N. The minimum atomic E-state index is 0.527. The van der Waals surface area contributed by atoms with Crippen LogP contribution in [-0.4, -0.2) is 6.04 Å². The minimum absolute atomic E-state index is 0.527. The van der Waals surface area contributed by atoms with E-state index in [1.807, 2.05) is 0 Å². The summed E-state index contributed by atoms with van der Waals surface area (Å²) in [6, 6.07) is 17.8. The maximum Gasteiger partial charge on any atom is 0.0207 e. The maximum atomic E-state index is 3.45. The first kappa shape index (κ1) is 12.8. The molecule has 2 rings (SSSR count). The van der Waals surface area contributed by atoms with E-state index in [-0.39, 0.29) is 0 Å². The number of rotatable bonds is 4. The minimum Gasteiger partial charge on any atom is -0.310 e. The van der Waals surface area contributed by atoms with Crippen molar-refractivity contribution in [2.75, 3.05) is 0 Å². The first-order valence-corrected chi connectivity index (χ1v) is 6.55. The van der Waals surface area contributed by atoms with Crippen molar-refractivity contribution in [1.29, 1.82) is 0 Å². The third-order valence-electron chi connectivity index (χ3n) is 3.09. The van der Waals surface area contributed by atoms with Gasteiger partial charge in [0.1, 0.15) is 0 Å². The average Bonchev–Trinajstić information content (AvgIpc) is 2.37. The van der Waals surface area contributed by atoms with Crippen LogP contribution in [0.5, 0.6) is 0 Å². The highest BCUT2D eigenvalue weighted by Gasteiger charge is 2.03. The van der Waals surface area contributed by atoms with Crippen molar-refractivity contribution in [3.8, 4) is 11.1 Å². The fourth-order valence-corrected chi connectivity index (χ4v) is 2.10. The van der Waals surface area contributed by atoms with Gasteiger partial charge in [-0.05, 0) is 29.2 Å². The summed E-state index contributed by atoms with van der Waals surface area (Å²) in [4.78, 5) is 0. The zero-order chi connectivity index (χ0) is 13.0. The van der Waals surface area contributed by atoms with Crippen LogP contribution in [0.25, 0.3) is 11.1 Å². The number of hydrogen-bond acceptors (Lipinski definition) is 1. The van der Waals surface area contributed by atoms with Crippen molar-refractivity contribution >= 4 is 0 Å². The molecule has 18 heavy (non-hydrogen) atoms. The smallest absolute Gasteiger partial charge is 0.0207 e. The van der Waals surface area contributed by atoms with E-state index >= 15 is 0 Å². The summed E-state index contributed by atoms with van der Waals surface area (Å²) in [6.45, 7) is 7.46. The first-order valence-electron chi connectivity index (χ1n) is 6.55. The normalized spacial score (nSPS) is 10.9. The van der Waals surface area contributed by atoms with E-state index in [2.05, 4.69) is 74.6 Å². The van der Waals surface area contributed by atoms with Crippen LogP contribution >= 0.6 is 0 Å². The molecule has 0 amide bonds. The largest absolute Gasteiger partial charge is 0.310 e. The topological polar surface area (TPSA) is 12.0 Å². The molecule has 0 fully saturated rings. The summed E-state index contributed by atoms with van der Waals surface area (Å²) < 4.78 is 0. The molecule has 0 unspecified atom stereocenters. The van der Waals surface area contributed by atoms with Crippen molar-refractivity contribution < 1.29 is 0 Å². The molecule has 0 saturated carbocycles. The van der Waals surface area contributed by atoms with Crippen molar-refractivity contribution in [3.63, 3.8) is 0 Å². The summed E-state index contributed by atoms with van der Waals surface area (Å²) in [7, 11) is 0. The SMILES string of the molecule is Cc1cc(CNC(C)C)ccc1-c1ccccc1. The van der Waals surface area contributed by atoms with Crippen molar-refractivity contribution in [1.82, 2.24) is 5.32 Å². The van der Waals surface area contributed by atoms with Crippen LogP contribution in [0.4, 0.5) is 0 Å². The van der Waals surface area contributed by atoms with E-state index in [0.29, 0.717) is 6.04 Å². The monoisotopic (exact) mass is 239 g/mol. The Hall–Kier alpha value is -1.60. The van der Waals surface area contributed by atoms with E-state index in [1.165, 1.54) is 22.3 Å². The van der Waals surface area contributed by atoms with E-state index < -0.39 is 0 Å². The second-order valence-electron chi connectivity index (χ2n) is 5.05. The van der Waals surface area contributed by atoms with Gasteiger partial charge >= 0.3 is 0 Å². The van der Waals surface area contributed by atoms with Crippen molar-refractivity contribution in [2.24, 2.45) is 0 Å². The van der Waals surface area contributed by atoms with Gasteiger partial charge in [0.15, 0.2) is 0 Å². The lowest BCUT2D eigenvalue weighted by Crippen LogP contribution is -2.21. The Bertz CT molecular complexity index is 500. The molecule has 2 aromatic rings. The van der Waals surface area contributed by atoms with Gasteiger partial charge in [0.05, 0.1) is 0 Å². The molecule has 0 heterocycles. The summed E-state index contributed by atoms with van der Waals surface area (Å²) >= 11 is 0. The van der Waals surface area contributed by atoms with Gasteiger partial charge < -0.3 is 5.32 Å². The molecule has 0 bridgehead atoms. The number of nitrogens with one attached hydrogen (secondary N) is 1. The highest BCUT2D eigenvalue weighted by Crippen LogP contribution is 2.23. The molecule has 0 saturated heterocycles. The van der Waals surface area contributed by atoms with E-state index in [0.717, 1.165) is 6.54 Å². The lowest BCUT2D eigenvalue weighted by molar-refractivity contribution is 0.589. The van der Waals surface area contributed by atoms with E-state index in [1.54, 1.807) is 0 Å². The van der Waals surface area contributed by atoms with Crippen molar-refractivity contribution in [2.45, 2.75) is 33.4 Å². The van der Waals surface area contributed by atoms with Gasteiger partial charge in [0.2, 0.25) is 0 Å². The molecule has 0 atom stereocenters. The predicted molar refractivity (Wildman–Crippen MR) is 78.6 cm³/mol. The van der Waals surface area contributed by atoms with Gasteiger partial charge in [-0.3, -0.25) is 0 Å². The number of benzene rings is 2. The van der Waals surface area contributed by atoms with Gasteiger partial charge in [-0.15, -0.1) is 0 Å². The Labute approximate surface area is 110 Å².